The smallest absolute Gasteiger partial charge is 0.444 e. The zero-order chi connectivity index (χ0) is 25.9. The molecule has 36 heavy (non-hydrogen) atoms. The number of alkyl halides is 3. The number of rotatable bonds is 6. The summed E-state index contributed by atoms with van der Waals surface area (Å²) in [7, 11) is 0. The van der Waals surface area contributed by atoms with Gasteiger partial charge in [0.25, 0.3) is 0 Å². The Morgan fingerprint density at radius 1 is 1.08 bits per heavy atom. The lowest BCUT2D eigenvalue weighted by atomic mass is 9.95. The van der Waals surface area contributed by atoms with Gasteiger partial charge in [0.05, 0.1) is 17.6 Å². The molecule has 0 bridgehead atoms. The molecule has 1 saturated heterocycles. The zero-order valence-corrected chi connectivity index (χ0v) is 20.1. The van der Waals surface area contributed by atoms with Crippen LogP contribution < -0.4 is 4.74 Å². The molecular weight excluding hydrogens is 475 g/mol. The van der Waals surface area contributed by atoms with E-state index >= 15 is 0 Å². The fourth-order valence-corrected chi connectivity index (χ4v) is 3.73. The molecule has 0 unspecified atom stereocenters. The van der Waals surface area contributed by atoms with E-state index in [4.69, 9.17) is 4.74 Å². The zero-order valence-electron chi connectivity index (χ0n) is 20.1. The van der Waals surface area contributed by atoms with E-state index in [1.165, 1.54) is 18.2 Å². The highest BCUT2D eigenvalue weighted by Crippen LogP contribution is 2.25. The molecule has 1 aromatic carbocycles. The molecule has 3 heterocycles. The maximum absolute atomic E-state index is 12.5. The summed E-state index contributed by atoms with van der Waals surface area (Å²) in [6.45, 7) is 6.72. The molecule has 0 spiro atoms. The van der Waals surface area contributed by atoms with Crippen molar-refractivity contribution in [2.24, 2.45) is 5.92 Å². The lowest BCUT2D eigenvalue weighted by Gasteiger charge is -2.39. The van der Waals surface area contributed by atoms with Gasteiger partial charge in [-0.25, -0.2) is 19.7 Å². The molecule has 4 rings (SSSR count). The van der Waals surface area contributed by atoms with Crippen molar-refractivity contribution in [3.8, 4) is 17.0 Å². The third kappa shape index (κ3) is 7.12. The Kier molecular flexibility index (Phi) is 7.09. The van der Waals surface area contributed by atoms with Crippen molar-refractivity contribution >= 4 is 6.09 Å². The van der Waals surface area contributed by atoms with Crippen LogP contribution in [0.25, 0.3) is 11.3 Å². The van der Waals surface area contributed by atoms with E-state index in [0.717, 1.165) is 5.69 Å². The number of ether oxygens (including phenoxy) is 2. The SMILES string of the molecule is CC(C)(C)OC(=O)N1CC(Cc2cncc(-c3cnc(Cc4cccc(OC(F)(F)F)c4)nc3)n2)C1. The molecule has 1 amide bonds. The van der Waals surface area contributed by atoms with Gasteiger partial charge in [0.1, 0.15) is 17.2 Å². The summed E-state index contributed by atoms with van der Waals surface area (Å²) in [4.78, 5) is 31.4. The highest BCUT2D eigenvalue weighted by atomic mass is 19.4. The molecule has 190 valence electrons. The minimum absolute atomic E-state index is 0.247. The van der Waals surface area contributed by atoms with E-state index in [-0.39, 0.29) is 24.2 Å². The number of aromatic nitrogens is 4. The maximum atomic E-state index is 12.5. The normalized spacial score (nSPS) is 14.3. The van der Waals surface area contributed by atoms with Gasteiger partial charge in [0, 0.05) is 43.7 Å². The van der Waals surface area contributed by atoms with Gasteiger partial charge in [0.2, 0.25) is 0 Å². The maximum Gasteiger partial charge on any atom is 0.573 e. The molecule has 1 fully saturated rings. The van der Waals surface area contributed by atoms with Crippen molar-refractivity contribution in [3.63, 3.8) is 0 Å². The third-order valence-electron chi connectivity index (χ3n) is 5.29. The molecular formula is C25H26F3N5O3. The van der Waals surface area contributed by atoms with Crippen molar-refractivity contribution in [1.29, 1.82) is 0 Å². The molecule has 3 aromatic rings. The molecule has 2 aromatic heterocycles. The highest BCUT2D eigenvalue weighted by molar-refractivity contribution is 5.69. The lowest BCUT2D eigenvalue weighted by molar-refractivity contribution is -0.274. The van der Waals surface area contributed by atoms with Gasteiger partial charge in [-0.15, -0.1) is 13.2 Å². The minimum Gasteiger partial charge on any atom is -0.444 e. The summed E-state index contributed by atoms with van der Waals surface area (Å²) in [6.07, 6.45) is 2.41. The number of hydrogen-bond acceptors (Lipinski definition) is 7. The fourth-order valence-electron chi connectivity index (χ4n) is 3.73. The second-order valence-electron chi connectivity index (χ2n) is 9.61. The van der Waals surface area contributed by atoms with Crippen LogP contribution in [-0.2, 0) is 17.6 Å². The van der Waals surface area contributed by atoms with Gasteiger partial charge >= 0.3 is 12.5 Å². The molecule has 0 N–H and O–H groups in total. The van der Waals surface area contributed by atoms with Crippen molar-refractivity contribution < 1.29 is 27.4 Å². The van der Waals surface area contributed by atoms with Crippen molar-refractivity contribution in [1.82, 2.24) is 24.8 Å². The Balaban J connectivity index is 1.34. The van der Waals surface area contributed by atoms with Gasteiger partial charge in [-0.2, -0.15) is 0 Å². The van der Waals surface area contributed by atoms with E-state index < -0.39 is 12.0 Å². The predicted octanol–water partition coefficient (Wildman–Crippen LogP) is 4.83. The molecule has 11 heteroatoms. The average Bonchev–Trinajstić information content (AvgIpc) is 2.74. The number of likely N-dealkylation sites (tertiary alicyclic amines) is 1. The summed E-state index contributed by atoms with van der Waals surface area (Å²) < 4.78 is 46.7. The first-order chi connectivity index (χ1) is 16.9. The van der Waals surface area contributed by atoms with Crippen molar-refractivity contribution in [3.05, 3.63) is 66.1 Å². The van der Waals surface area contributed by atoms with Gasteiger partial charge in [-0.05, 0) is 50.8 Å². The second-order valence-corrected chi connectivity index (χ2v) is 9.61. The molecule has 0 atom stereocenters. The quantitative estimate of drug-likeness (QED) is 0.478. The summed E-state index contributed by atoms with van der Waals surface area (Å²) in [5.74, 6) is 0.436. The summed E-state index contributed by atoms with van der Waals surface area (Å²) in [5, 5.41) is 0. The van der Waals surface area contributed by atoms with Crippen LogP contribution in [0.4, 0.5) is 18.0 Å². The predicted molar refractivity (Wildman–Crippen MR) is 124 cm³/mol. The highest BCUT2D eigenvalue weighted by Gasteiger charge is 2.34. The van der Waals surface area contributed by atoms with Crippen molar-refractivity contribution in [2.75, 3.05) is 13.1 Å². The lowest BCUT2D eigenvalue weighted by Crippen LogP contribution is -2.52. The number of hydrogen-bond donors (Lipinski definition) is 0. The average molecular weight is 502 g/mol. The number of amides is 1. The Labute approximate surface area is 206 Å². The Bertz CT molecular complexity index is 1210. The largest absolute Gasteiger partial charge is 0.573 e. The van der Waals surface area contributed by atoms with Crippen LogP contribution >= 0.6 is 0 Å². The van der Waals surface area contributed by atoms with Gasteiger partial charge in [-0.1, -0.05) is 12.1 Å². The number of nitrogens with zero attached hydrogens (tertiary/aromatic N) is 5. The van der Waals surface area contributed by atoms with E-state index in [1.54, 1.807) is 35.8 Å². The summed E-state index contributed by atoms with van der Waals surface area (Å²) >= 11 is 0. The number of halogens is 3. The van der Waals surface area contributed by atoms with E-state index in [0.29, 0.717) is 42.2 Å². The summed E-state index contributed by atoms with van der Waals surface area (Å²) in [5.41, 5.74) is 2.15. The first-order valence-corrected chi connectivity index (χ1v) is 11.4. The van der Waals surface area contributed by atoms with Gasteiger partial charge < -0.3 is 14.4 Å². The first-order valence-electron chi connectivity index (χ1n) is 11.4. The minimum atomic E-state index is -4.75. The Hall–Kier alpha value is -3.76. The van der Waals surface area contributed by atoms with Crippen LogP contribution in [0.2, 0.25) is 0 Å². The van der Waals surface area contributed by atoms with Crippen LogP contribution in [0.3, 0.4) is 0 Å². The van der Waals surface area contributed by atoms with Crippen LogP contribution in [0.15, 0.2) is 49.1 Å². The molecule has 1 aliphatic heterocycles. The topological polar surface area (TPSA) is 90.3 Å². The second kappa shape index (κ2) is 10.1. The molecule has 1 aliphatic rings. The Morgan fingerprint density at radius 2 is 1.81 bits per heavy atom. The number of benzene rings is 1. The standard InChI is InChI=1S/C25H26F3N5O3/c1-24(2,3)36-23(34)33-14-17(15-33)7-19-12-29-13-21(32-19)18-10-30-22(31-11-18)9-16-5-4-6-20(8-16)35-25(26,27)28/h4-6,8,10-13,17H,7,9,14-15H2,1-3H3. The monoisotopic (exact) mass is 501 g/mol. The van der Waals surface area contributed by atoms with Crippen LogP contribution in [0.1, 0.15) is 37.9 Å². The van der Waals surface area contributed by atoms with E-state index in [1.807, 2.05) is 20.8 Å². The molecule has 0 aliphatic carbocycles. The van der Waals surface area contributed by atoms with Gasteiger partial charge in [0.15, 0.2) is 0 Å². The fraction of sp³-hybridized carbons (Fsp3) is 0.400. The van der Waals surface area contributed by atoms with Crippen molar-refractivity contribution in [2.45, 2.75) is 45.6 Å². The third-order valence-corrected chi connectivity index (χ3v) is 5.29. The number of carbonyl (C=O) groups excluding carboxylic acids is 1. The Morgan fingerprint density at radius 3 is 2.47 bits per heavy atom. The molecule has 0 radical (unpaired) electrons. The van der Waals surface area contributed by atoms with E-state index in [9.17, 15) is 18.0 Å². The first kappa shape index (κ1) is 25.3. The summed E-state index contributed by atoms with van der Waals surface area (Å²) in [6, 6.07) is 5.72. The van der Waals surface area contributed by atoms with Crippen LogP contribution in [0.5, 0.6) is 5.75 Å². The van der Waals surface area contributed by atoms with Crippen LogP contribution in [-0.4, -0.2) is 56.0 Å². The van der Waals surface area contributed by atoms with Gasteiger partial charge in [-0.3, -0.25) is 4.98 Å². The van der Waals surface area contributed by atoms with Crippen LogP contribution in [0, 0.1) is 5.92 Å². The molecule has 8 nitrogen and oxygen atoms in total. The van der Waals surface area contributed by atoms with E-state index in [2.05, 4.69) is 24.7 Å². The molecule has 0 saturated carbocycles. The number of carbonyl (C=O) groups is 1.